The summed E-state index contributed by atoms with van der Waals surface area (Å²) < 4.78 is 26.4. The van der Waals surface area contributed by atoms with Crippen molar-refractivity contribution >= 4 is 143 Å². The average Bonchev–Trinajstić information content (AvgIpc) is 4.17. The van der Waals surface area contributed by atoms with Gasteiger partial charge in [0.25, 0.3) is 0 Å². The monoisotopic (exact) mass is 956 g/mol. The Labute approximate surface area is 425 Å². The van der Waals surface area contributed by atoms with Crippen molar-refractivity contribution in [1.29, 1.82) is 0 Å². The Balaban J connectivity index is 0.843. The topological polar surface area (TPSA) is 59.0 Å². The second kappa shape index (κ2) is 15.6. The predicted molar refractivity (Wildman–Crippen MR) is 308 cm³/mol. The lowest BCUT2D eigenvalue weighted by Gasteiger charge is -2.30. The van der Waals surface area contributed by atoms with Crippen molar-refractivity contribution in [3.63, 3.8) is 0 Å². The van der Waals surface area contributed by atoms with E-state index in [1.807, 2.05) is 12.1 Å². The minimum absolute atomic E-state index is 0.830. The van der Waals surface area contributed by atoms with Crippen LogP contribution in [0.5, 0.6) is 0 Å². The van der Waals surface area contributed by atoms with Crippen LogP contribution in [-0.4, -0.2) is 0 Å². The maximum Gasteiger partial charge on any atom is 0.136 e. The molecular formula is C68H48N2O4. The highest BCUT2D eigenvalue weighted by Crippen LogP contribution is 2.49. The molecule has 15 aromatic rings. The highest BCUT2D eigenvalue weighted by atomic mass is 16.3. The maximum atomic E-state index is 6.80. The Morgan fingerprint density at radius 1 is 0.270 bits per heavy atom. The molecule has 6 heteroatoms. The Morgan fingerprint density at radius 2 is 0.649 bits per heavy atom. The molecule has 0 saturated carbocycles. The minimum Gasteiger partial charge on any atom is -0.456 e. The van der Waals surface area contributed by atoms with Gasteiger partial charge in [0, 0.05) is 65.8 Å². The van der Waals surface area contributed by atoms with Crippen molar-refractivity contribution in [2.24, 2.45) is 0 Å². The fourth-order valence-electron chi connectivity index (χ4n) is 12.3. The Morgan fingerprint density at radius 3 is 1.09 bits per heavy atom. The molecular weight excluding hydrogens is 909 g/mol. The summed E-state index contributed by atoms with van der Waals surface area (Å²) in [5.74, 6) is 0. The molecule has 0 amide bonds. The molecule has 0 aliphatic carbocycles. The van der Waals surface area contributed by atoms with Gasteiger partial charge < -0.3 is 27.5 Å². The molecule has 74 heavy (non-hydrogen) atoms. The van der Waals surface area contributed by atoms with Crippen LogP contribution in [0.15, 0.2) is 200 Å². The number of fused-ring (bicyclic) bond motifs is 14. The quantitative estimate of drug-likeness (QED) is 0.165. The lowest BCUT2D eigenvalue weighted by atomic mass is 9.98. The molecule has 354 valence electrons. The van der Waals surface area contributed by atoms with E-state index in [1.165, 1.54) is 22.3 Å². The lowest BCUT2D eigenvalue weighted by molar-refractivity contribution is 0.664. The fraction of sp³-hybridized carbons (Fsp3) is 0.0882. The number of rotatable bonds is 6. The van der Waals surface area contributed by atoms with Crippen LogP contribution in [0.2, 0.25) is 0 Å². The second-order valence-electron chi connectivity index (χ2n) is 20.3. The van der Waals surface area contributed by atoms with Crippen molar-refractivity contribution in [3.8, 4) is 0 Å². The molecule has 0 aliphatic heterocycles. The van der Waals surface area contributed by atoms with Crippen LogP contribution < -0.4 is 9.80 Å². The number of nitrogens with zero attached hydrogens (tertiary/aromatic N) is 2. The van der Waals surface area contributed by atoms with Crippen LogP contribution in [0.1, 0.15) is 33.4 Å². The van der Waals surface area contributed by atoms with Gasteiger partial charge in [0.1, 0.15) is 44.7 Å². The van der Waals surface area contributed by atoms with E-state index in [9.17, 15) is 0 Å². The van der Waals surface area contributed by atoms with Crippen molar-refractivity contribution in [2.75, 3.05) is 9.80 Å². The van der Waals surface area contributed by atoms with E-state index in [0.717, 1.165) is 155 Å². The summed E-state index contributed by atoms with van der Waals surface area (Å²) in [5, 5.41) is 13.2. The molecule has 6 nitrogen and oxygen atoms in total. The molecule has 15 rings (SSSR count). The summed E-state index contributed by atoms with van der Waals surface area (Å²) in [6.07, 6.45) is 0. The molecule has 4 heterocycles. The lowest BCUT2D eigenvalue weighted by Crippen LogP contribution is -2.14. The molecule has 0 spiro atoms. The molecule has 0 unspecified atom stereocenters. The van der Waals surface area contributed by atoms with E-state index in [2.05, 4.69) is 221 Å². The summed E-state index contributed by atoms with van der Waals surface area (Å²) in [5.41, 5.74) is 20.7. The number of para-hydroxylation sites is 4. The molecule has 0 atom stereocenters. The van der Waals surface area contributed by atoms with Gasteiger partial charge in [-0.05, 0) is 194 Å². The van der Waals surface area contributed by atoms with Crippen LogP contribution in [0.4, 0.5) is 34.1 Å². The van der Waals surface area contributed by atoms with Crippen molar-refractivity contribution < 1.29 is 17.7 Å². The Bertz CT molecular complexity index is 4580. The van der Waals surface area contributed by atoms with Crippen LogP contribution in [0.3, 0.4) is 0 Å². The van der Waals surface area contributed by atoms with E-state index in [4.69, 9.17) is 17.7 Å². The number of benzene rings is 11. The molecule has 0 bridgehead atoms. The zero-order valence-electron chi connectivity index (χ0n) is 41.8. The molecule has 0 N–H and O–H groups in total. The zero-order valence-corrected chi connectivity index (χ0v) is 41.8. The van der Waals surface area contributed by atoms with Gasteiger partial charge in [-0.3, -0.25) is 0 Å². The Kier molecular flexibility index (Phi) is 8.95. The summed E-state index contributed by atoms with van der Waals surface area (Å²) in [7, 11) is 0. The summed E-state index contributed by atoms with van der Waals surface area (Å²) in [4.78, 5) is 4.83. The molecule has 0 fully saturated rings. The van der Waals surface area contributed by atoms with Gasteiger partial charge in [0.15, 0.2) is 0 Å². The number of aryl methyl sites for hydroxylation is 6. The zero-order chi connectivity index (χ0) is 49.7. The summed E-state index contributed by atoms with van der Waals surface area (Å²) >= 11 is 0. The van der Waals surface area contributed by atoms with Gasteiger partial charge in [-0.25, -0.2) is 0 Å². The highest BCUT2D eigenvalue weighted by molar-refractivity contribution is 6.19. The van der Waals surface area contributed by atoms with Gasteiger partial charge in [0.2, 0.25) is 0 Å². The van der Waals surface area contributed by atoms with Crippen molar-refractivity contribution in [1.82, 2.24) is 0 Å². The van der Waals surface area contributed by atoms with Gasteiger partial charge in [0.05, 0.1) is 11.4 Å². The normalized spacial score (nSPS) is 12.2. The van der Waals surface area contributed by atoms with Crippen LogP contribution in [-0.2, 0) is 0 Å². The van der Waals surface area contributed by atoms with E-state index < -0.39 is 0 Å². The first kappa shape index (κ1) is 42.4. The standard InChI is InChI=1S/C68H48N2O4/c1-37-15-7-11-19-55(37)69(67-39(3)27-63-65(41(67)5)49-17-9-13-21-57(49)71-63)47-25-23-43-31-51-53-35-62-54(36-61(53)73-59(51)33-45(43)29-47)52-32-44-24-26-48(30-46(44)34-60(52)74-62)70(56-20-12-8-16-38(56)2)68-40(4)28-64-66(42(68)6)50-18-10-14-22-58(50)72-64/h7-36H,1-6H3. The number of anilines is 6. The minimum atomic E-state index is 0.830. The van der Waals surface area contributed by atoms with E-state index >= 15 is 0 Å². The summed E-state index contributed by atoms with van der Waals surface area (Å²) in [6, 6.07) is 65.1. The first-order chi connectivity index (χ1) is 36.1. The maximum absolute atomic E-state index is 6.80. The molecule has 0 radical (unpaired) electrons. The van der Waals surface area contributed by atoms with E-state index in [-0.39, 0.29) is 0 Å². The predicted octanol–water partition coefficient (Wildman–Crippen LogP) is 20.4. The molecule has 0 saturated heterocycles. The SMILES string of the molecule is Cc1ccccc1N(c1ccc2cc3c(cc2c1)oc1cc2c(cc13)oc1cc3cc(N(c4ccccc4C)c4c(C)cc5oc6ccccc6c5c4C)ccc3cc12)c1c(C)cc2oc3ccccc3c2c1C. The Hall–Kier alpha value is -9.26. The van der Waals surface area contributed by atoms with Gasteiger partial charge in [-0.2, -0.15) is 0 Å². The van der Waals surface area contributed by atoms with E-state index in [0.29, 0.717) is 0 Å². The molecule has 11 aromatic carbocycles. The third-order valence-corrected chi connectivity index (χ3v) is 15.8. The van der Waals surface area contributed by atoms with Gasteiger partial charge >= 0.3 is 0 Å². The molecule has 4 aromatic heterocycles. The first-order valence-electron chi connectivity index (χ1n) is 25.4. The highest BCUT2D eigenvalue weighted by Gasteiger charge is 2.26. The fourth-order valence-corrected chi connectivity index (χ4v) is 12.3. The van der Waals surface area contributed by atoms with Gasteiger partial charge in [-0.1, -0.05) is 84.9 Å². The number of hydrogen-bond acceptors (Lipinski definition) is 6. The van der Waals surface area contributed by atoms with Crippen molar-refractivity contribution in [2.45, 2.75) is 41.5 Å². The largest absolute Gasteiger partial charge is 0.456 e. The first-order valence-corrected chi connectivity index (χ1v) is 25.4. The van der Waals surface area contributed by atoms with Crippen LogP contribution in [0, 0.1) is 41.5 Å². The molecule has 0 aliphatic rings. The number of hydrogen-bond donors (Lipinski definition) is 0. The smallest absolute Gasteiger partial charge is 0.136 e. The third kappa shape index (κ3) is 6.18. The van der Waals surface area contributed by atoms with Crippen LogP contribution in [0.25, 0.3) is 109 Å². The van der Waals surface area contributed by atoms with Crippen LogP contribution >= 0.6 is 0 Å². The van der Waals surface area contributed by atoms with Crippen molar-refractivity contribution in [3.05, 3.63) is 215 Å². The summed E-state index contributed by atoms with van der Waals surface area (Å²) in [6.45, 7) is 13.2. The van der Waals surface area contributed by atoms with Gasteiger partial charge in [-0.15, -0.1) is 0 Å². The van der Waals surface area contributed by atoms with E-state index in [1.54, 1.807) is 0 Å². The second-order valence-corrected chi connectivity index (χ2v) is 20.3. The average molecular weight is 957 g/mol. The third-order valence-electron chi connectivity index (χ3n) is 15.8. The number of furan rings is 4.